The molecule has 3 rings (SSSR count). The highest BCUT2D eigenvalue weighted by molar-refractivity contribution is 6.06. The summed E-state index contributed by atoms with van der Waals surface area (Å²) in [5.74, 6) is -0.104. The zero-order valence-corrected chi connectivity index (χ0v) is 8.81. The van der Waals surface area contributed by atoms with E-state index in [1.54, 1.807) is 30.4 Å². The van der Waals surface area contributed by atoms with Gasteiger partial charge in [0.1, 0.15) is 11.5 Å². The lowest BCUT2D eigenvalue weighted by molar-refractivity contribution is 0.0994. The standard InChI is InChI=1S/C13H8FNO2/c14-9-5-2-1-4-8(9)13-12-10(16)6-3-7-11(12)17-15-13/h1-5,7H,6H2. The molecule has 4 heteroatoms. The summed E-state index contributed by atoms with van der Waals surface area (Å²) in [7, 11) is 0. The van der Waals surface area contributed by atoms with Crippen LogP contribution in [0, 0.1) is 5.82 Å². The molecule has 0 N–H and O–H groups in total. The second-order valence-corrected chi connectivity index (χ2v) is 3.78. The number of fused-ring (bicyclic) bond motifs is 1. The molecule has 0 unspecified atom stereocenters. The Kier molecular flexibility index (Phi) is 2.14. The van der Waals surface area contributed by atoms with Crippen molar-refractivity contribution in [3.8, 4) is 11.3 Å². The Morgan fingerprint density at radius 2 is 2.12 bits per heavy atom. The first-order valence-electron chi connectivity index (χ1n) is 5.21. The summed E-state index contributed by atoms with van der Waals surface area (Å²) in [6, 6.07) is 6.20. The summed E-state index contributed by atoms with van der Waals surface area (Å²) in [6.07, 6.45) is 3.70. The van der Waals surface area contributed by atoms with Gasteiger partial charge in [0.25, 0.3) is 0 Å². The van der Waals surface area contributed by atoms with Gasteiger partial charge in [-0.3, -0.25) is 4.79 Å². The maximum atomic E-state index is 13.6. The van der Waals surface area contributed by atoms with E-state index >= 15 is 0 Å². The van der Waals surface area contributed by atoms with E-state index in [2.05, 4.69) is 5.16 Å². The fraction of sp³-hybridized carbons (Fsp3) is 0.0769. The lowest BCUT2D eigenvalue weighted by Gasteiger charge is -2.04. The third-order valence-electron chi connectivity index (χ3n) is 2.70. The van der Waals surface area contributed by atoms with Gasteiger partial charge >= 0.3 is 0 Å². The molecule has 0 spiro atoms. The van der Waals surface area contributed by atoms with E-state index in [4.69, 9.17) is 4.52 Å². The van der Waals surface area contributed by atoms with Crippen molar-refractivity contribution in [1.29, 1.82) is 0 Å². The smallest absolute Gasteiger partial charge is 0.172 e. The number of halogens is 1. The van der Waals surface area contributed by atoms with Crippen molar-refractivity contribution in [2.75, 3.05) is 0 Å². The first-order chi connectivity index (χ1) is 8.27. The second kappa shape index (κ2) is 3.66. The molecule has 0 atom stereocenters. The van der Waals surface area contributed by atoms with Crippen molar-refractivity contribution in [3.63, 3.8) is 0 Å². The number of allylic oxidation sites excluding steroid dienone is 1. The Labute approximate surface area is 96.5 Å². The van der Waals surface area contributed by atoms with E-state index in [9.17, 15) is 9.18 Å². The molecule has 0 bridgehead atoms. The average Bonchev–Trinajstić information content (AvgIpc) is 2.75. The van der Waals surface area contributed by atoms with Gasteiger partial charge in [-0.05, 0) is 18.2 Å². The van der Waals surface area contributed by atoms with E-state index in [0.29, 0.717) is 23.3 Å². The van der Waals surface area contributed by atoms with Crippen LogP contribution in [-0.2, 0) is 0 Å². The summed E-state index contributed by atoms with van der Waals surface area (Å²) in [6.45, 7) is 0. The number of ketones is 1. The number of carbonyl (C=O) groups excluding carboxylic acids is 1. The SMILES string of the molecule is O=C1CC=Cc2onc(-c3ccccc3F)c21. The number of rotatable bonds is 1. The van der Waals surface area contributed by atoms with Gasteiger partial charge in [-0.25, -0.2) is 4.39 Å². The summed E-state index contributed by atoms with van der Waals surface area (Å²) in [4.78, 5) is 11.8. The highest BCUT2D eigenvalue weighted by atomic mass is 19.1. The average molecular weight is 229 g/mol. The van der Waals surface area contributed by atoms with Crippen LogP contribution in [0.15, 0.2) is 34.9 Å². The van der Waals surface area contributed by atoms with Crippen molar-refractivity contribution in [3.05, 3.63) is 47.5 Å². The third-order valence-corrected chi connectivity index (χ3v) is 2.70. The zero-order valence-electron chi connectivity index (χ0n) is 8.81. The Hall–Kier alpha value is -2.23. The predicted molar refractivity (Wildman–Crippen MR) is 59.9 cm³/mol. The summed E-state index contributed by atoms with van der Waals surface area (Å²) >= 11 is 0. The highest BCUT2D eigenvalue weighted by Crippen LogP contribution is 2.31. The predicted octanol–water partition coefficient (Wildman–Crippen LogP) is 3.08. The van der Waals surface area contributed by atoms with E-state index in [0.717, 1.165) is 0 Å². The molecule has 3 nitrogen and oxygen atoms in total. The fourth-order valence-electron chi connectivity index (χ4n) is 1.90. The Morgan fingerprint density at radius 3 is 2.94 bits per heavy atom. The Morgan fingerprint density at radius 1 is 1.29 bits per heavy atom. The largest absolute Gasteiger partial charge is 0.356 e. The number of carbonyl (C=O) groups is 1. The number of aromatic nitrogens is 1. The van der Waals surface area contributed by atoms with Gasteiger partial charge in [0, 0.05) is 12.0 Å². The van der Waals surface area contributed by atoms with Crippen molar-refractivity contribution >= 4 is 11.9 Å². The van der Waals surface area contributed by atoms with Crippen molar-refractivity contribution in [2.24, 2.45) is 0 Å². The molecule has 1 aliphatic carbocycles. The lowest BCUT2D eigenvalue weighted by atomic mass is 9.97. The van der Waals surface area contributed by atoms with Crippen molar-refractivity contribution in [1.82, 2.24) is 5.16 Å². The molecular formula is C13H8FNO2. The third kappa shape index (κ3) is 1.49. The van der Waals surface area contributed by atoms with Gasteiger partial charge in [0.15, 0.2) is 11.5 Å². The van der Waals surface area contributed by atoms with Gasteiger partial charge in [-0.2, -0.15) is 0 Å². The molecule has 1 heterocycles. The number of nitrogens with zero attached hydrogens (tertiary/aromatic N) is 1. The van der Waals surface area contributed by atoms with Crippen LogP contribution in [0.4, 0.5) is 4.39 Å². The van der Waals surface area contributed by atoms with Gasteiger partial charge in [0.05, 0.1) is 5.56 Å². The van der Waals surface area contributed by atoms with Gasteiger partial charge in [-0.15, -0.1) is 0 Å². The van der Waals surface area contributed by atoms with Crippen molar-refractivity contribution < 1.29 is 13.7 Å². The molecule has 0 amide bonds. The van der Waals surface area contributed by atoms with E-state index in [1.165, 1.54) is 6.07 Å². The molecule has 0 fully saturated rings. The molecule has 1 aromatic carbocycles. The molecular weight excluding hydrogens is 221 g/mol. The fourth-order valence-corrected chi connectivity index (χ4v) is 1.90. The van der Waals surface area contributed by atoms with Gasteiger partial charge in [0.2, 0.25) is 0 Å². The lowest BCUT2D eigenvalue weighted by Crippen LogP contribution is -2.03. The Balaban J connectivity index is 2.24. The minimum atomic E-state index is -0.411. The molecule has 84 valence electrons. The number of benzene rings is 1. The molecule has 0 radical (unpaired) electrons. The van der Waals surface area contributed by atoms with Crippen molar-refractivity contribution in [2.45, 2.75) is 6.42 Å². The number of Topliss-reactive ketones (excluding diaryl/α,β-unsaturated/α-hetero) is 1. The van der Waals surface area contributed by atoms with Crippen LogP contribution in [-0.4, -0.2) is 10.9 Å². The second-order valence-electron chi connectivity index (χ2n) is 3.78. The zero-order chi connectivity index (χ0) is 11.8. The first-order valence-corrected chi connectivity index (χ1v) is 5.21. The minimum Gasteiger partial charge on any atom is -0.356 e. The van der Waals surface area contributed by atoms with Crippen LogP contribution >= 0.6 is 0 Å². The molecule has 0 aliphatic heterocycles. The topological polar surface area (TPSA) is 43.1 Å². The van der Waals surface area contributed by atoms with Crippen LogP contribution in [0.5, 0.6) is 0 Å². The van der Waals surface area contributed by atoms with Gasteiger partial charge in [-0.1, -0.05) is 23.4 Å². The monoisotopic (exact) mass is 229 g/mol. The van der Waals surface area contributed by atoms with Crippen LogP contribution in [0.3, 0.4) is 0 Å². The molecule has 1 aliphatic rings. The Bertz CT molecular complexity index is 628. The van der Waals surface area contributed by atoms with Crippen LogP contribution < -0.4 is 0 Å². The van der Waals surface area contributed by atoms with E-state index in [-0.39, 0.29) is 11.5 Å². The summed E-state index contributed by atoms with van der Waals surface area (Å²) < 4.78 is 18.7. The molecule has 0 saturated heterocycles. The minimum absolute atomic E-state index is 0.0954. The first kappa shape index (κ1) is 9.96. The molecule has 17 heavy (non-hydrogen) atoms. The van der Waals surface area contributed by atoms with Crippen LogP contribution in [0.1, 0.15) is 22.5 Å². The normalized spacial score (nSPS) is 13.8. The van der Waals surface area contributed by atoms with E-state index in [1.807, 2.05) is 0 Å². The molecule has 1 aromatic heterocycles. The van der Waals surface area contributed by atoms with Crippen LogP contribution in [0.25, 0.3) is 17.3 Å². The van der Waals surface area contributed by atoms with Crippen LogP contribution in [0.2, 0.25) is 0 Å². The van der Waals surface area contributed by atoms with E-state index < -0.39 is 5.82 Å². The molecule has 2 aromatic rings. The quantitative estimate of drug-likeness (QED) is 0.754. The number of hydrogen-bond donors (Lipinski definition) is 0. The maximum absolute atomic E-state index is 13.6. The van der Waals surface area contributed by atoms with Gasteiger partial charge < -0.3 is 4.52 Å². The highest BCUT2D eigenvalue weighted by Gasteiger charge is 2.25. The molecule has 0 saturated carbocycles. The maximum Gasteiger partial charge on any atom is 0.172 e. The summed E-state index contributed by atoms with van der Waals surface area (Å²) in [5.41, 5.74) is 0.950. The summed E-state index contributed by atoms with van der Waals surface area (Å²) in [5, 5.41) is 3.79. The number of hydrogen-bond acceptors (Lipinski definition) is 3.